The Morgan fingerprint density at radius 3 is 2.28 bits per heavy atom. The van der Waals surface area contributed by atoms with E-state index in [1.54, 1.807) is 25.8 Å². The summed E-state index contributed by atoms with van der Waals surface area (Å²) in [6, 6.07) is 10.3. The van der Waals surface area contributed by atoms with E-state index in [-0.39, 0.29) is 23.6 Å². The van der Waals surface area contributed by atoms with Crippen molar-refractivity contribution in [3.8, 4) is 22.6 Å². The maximum atomic E-state index is 13.2. The number of amides is 1. The molecule has 230 valence electrons. The van der Waals surface area contributed by atoms with E-state index in [9.17, 15) is 9.59 Å². The van der Waals surface area contributed by atoms with Crippen molar-refractivity contribution in [1.29, 1.82) is 0 Å². The second-order valence-electron chi connectivity index (χ2n) is 11.1. The first kappa shape index (κ1) is 32.4. The Hall–Kier alpha value is -3.47. The van der Waals surface area contributed by atoms with E-state index in [4.69, 9.17) is 15.2 Å². The molecule has 43 heavy (non-hydrogen) atoms. The molecule has 3 aliphatic rings. The van der Waals surface area contributed by atoms with Crippen LogP contribution in [0.1, 0.15) is 42.7 Å². The number of carbonyl (C=O) groups is 1. The zero-order valence-corrected chi connectivity index (χ0v) is 27.7. The fraction of sp³-hybridized carbons (Fsp3) is 0.424. The van der Waals surface area contributed by atoms with Crippen LogP contribution >= 0.6 is 15.9 Å². The summed E-state index contributed by atoms with van der Waals surface area (Å²) >= 11 is 3.39. The van der Waals surface area contributed by atoms with Crippen LogP contribution in [0, 0.1) is 13.8 Å². The lowest BCUT2D eigenvalue weighted by atomic mass is 9.86. The first-order chi connectivity index (χ1) is 20.5. The molecule has 1 aromatic carbocycles. The first-order valence-corrected chi connectivity index (χ1v) is 15.3. The van der Waals surface area contributed by atoms with Gasteiger partial charge in [0, 0.05) is 61.7 Å². The van der Waals surface area contributed by atoms with Crippen molar-refractivity contribution in [3.63, 3.8) is 0 Å². The largest absolute Gasteiger partial charge is 0.496 e. The molecule has 3 aromatic rings. The molecule has 5 heterocycles. The summed E-state index contributed by atoms with van der Waals surface area (Å²) in [4.78, 5) is 34.5. The number of aromatic nitrogens is 2. The number of aryl methyl sites for hydroxylation is 1. The molecule has 3 saturated heterocycles. The molecule has 3 aliphatic heterocycles. The van der Waals surface area contributed by atoms with Crippen molar-refractivity contribution >= 4 is 27.9 Å². The molecule has 0 spiro atoms. The number of ether oxygens (including phenoxy) is 2. The number of rotatable bonds is 7. The van der Waals surface area contributed by atoms with E-state index in [0.717, 1.165) is 62.6 Å². The van der Waals surface area contributed by atoms with Crippen LogP contribution in [-0.2, 0) is 18.4 Å². The molecule has 1 amide bonds. The van der Waals surface area contributed by atoms with Gasteiger partial charge in [-0.1, -0.05) is 13.0 Å². The standard InChI is InChI=1S/C31H35BrN4O4.C2H7N/c1-18(10-22-8-7-9-29(32)33-22)30(37)35-14-23-13-24(15-35)36(23)17-26-27(39-5)11-21(12-28(26)40-6)25-16-34(4)31(38)20(3)19(25)2;1-2-3/h7-12,16,23-24H,13-15,17H2,1-6H3;2-3H2,1H3/b18-10+;. The quantitative estimate of drug-likeness (QED) is 0.292. The van der Waals surface area contributed by atoms with Crippen molar-refractivity contribution in [3.05, 3.63) is 79.4 Å². The van der Waals surface area contributed by atoms with Gasteiger partial charge >= 0.3 is 0 Å². The number of pyridine rings is 2. The van der Waals surface area contributed by atoms with Gasteiger partial charge < -0.3 is 24.7 Å². The minimum absolute atomic E-state index is 0.00383. The molecule has 2 aromatic heterocycles. The van der Waals surface area contributed by atoms with Crippen LogP contribution in [-0.4, -0.2) is 71.2 Å². The van der Waals surface area contributed by atoms with Gasteiger partial charge in [-0.05, 0) is 91.1 Å². The van der Waals surface area contributed by atoms with Crippen LogP contribution in [0.3, 0.4) is 0 Å². The number of hydrogen-bond acceptors (Lipinski definition) is 7. The number of methoxy groups -OCH3 is 2. The highest BCUT2D eigenvalue weighted by molar-refractivity contribution is 9.10. The van der Waals surface area contributed by atoms with Crippen LogP contribution < -0.4 is 20.8 Å². The topological polar surface area (TPSA) is 103 Å². The van der Waals surface area contributed by atoms with Gasteiger partial charge in [-0.2, -0.15) is 0 Å². The number of piperidine rings is 1. The van der Waals surface area contributed by atoms with E-state index < -0.39 is 0 Å². The van der Waals surface area contributed by atoms with Gasteiger partial charge in [0.25, 0.3) is 5.56 Å². The van der Waals surface area contributed by atoms with E-state index >= 15 is 0 Å². The van der Waals surface area contributed by atoms with Gasteiger partial charge in [0.2, 0.25) is 5.91 Å². The summed E-state index contributed by atoms with van der Waals surface area (Å²) in [5.41, 5.74) is 10.9. The van der Waals surface area contributed by atoms with E-state index in [1.165, 1.54) is 0 Å². The Morgan fingerprint density at radius 2 is 1.72 bits per heavy atom. The maximum absolute atomic E-state index is 13.2. The minimum Gasteiger partial charge on any atom is -0.496 e. The highest BCUT2D eigenvalue weighted by Gasteiger charge is 2.46. The van der Waals surface area contributed by atoms with Gasteiger partial charge in [-0.3, -0.25) is 14.5 Å². The summed E-state index contributed by atoms with van der Waals surface area (Å²) in [7, 11) is 5.12. The van der Waals surface area contributed by atoms with Crippen molar-refractivity contribution in [1.82, 2.24) is 19.4 Å². The van der Waals surface area contributed by atoms with Crippen molar-refractivity contribution in [2.45, 2.75) is 52.7 Å². The Bertz CT molecular complexity index is 1550. The number of hydrogen-bond donors (Lipinski definition) is 1. The van der Waals surface area contributed by atoms with E-state index in [1.807, 2.05) is 75.2 Å². The molecule has 2 unspecified atom stereocenters. The molecule has 9 nitrogen and oxygen atoms in total. The minimum atomic E-state index is 0.00383. The molecule has 2 N–H and O–H groups in total. The number of carbonyl (C=O) groups excluding carboxylic acids is 1. The molecule has 0 radical (unpaired) electrons. The van der Waals surface area contributed by atoms with Gasteiger partial charge in [-0.25, -0.2) is 4.98 Å². The zero-order valence-electron chi connectivity index (χ0n) is 26.1. The predicted molar refractivity (Wildman–Crippen MR) is 174 cm³/mol. The average Bonchev–Trinajstić information content (AvgIpc) is 3.00. The van der Waals surface area contributed by atoms with E-state index in [2.05, 4.69) is 25.8 Å². The maximum Gasteiger partial charge on any atom is 0.253 e. The second-order valence-corrected chi connectivity index (χ2v) is 11.9. The normalized spacial score (nSPS) is 18.0. The SMILES string of the molecule is CCN.COc1cc(-c2cn(C)c(=O)c(C)c2C)cc(OC)c1CN1C2CC1CN(C(=O)/C(C)=C/c1cccc(Br)n1)C2. The summed E-state index contributed by atoms with van der Waals surface area (Å²) in [6.07, 6.45) is 4.78. The smallest absolute Gasteiger partial charge is 0.253 e. The lowest BCUT2D eigenvalue weighted by Crippen LogP contribution is -2.68. The van der Waals surface area contributed by atoms with Crippen LogP contribution in [0.25, 0.3) is 17.2 Å². The second kappa shape index (κ2) is 13.9. The number of benzene rings is 1. The number of nitrogens with two attached hydrogens (primary N) is 1. The summed E-state index contributed by atoms with van der Waals surface area (Å²) in [5.74, 6) is 1.55. The Labute approximate surface area is 262 Å². The lowest BCUT2D eigenvalue weighted by molar-refractivity contribution is -0.140. The number of piperazine rings is 1. The van der Waals surface area contributed by atoms with Gasteiger partial charge in [0.1, 0.15) is 16.1 Å². The third-order valence-electron chi connectivity index (χ3n) is 8.26. The molecular weight excluding hydrogens is 610 g/mol. The zero-order chi connectivity index (χ0) is 31.4. The molecule has 10 heteroatoms. The third-order valence-corrected chi connectivity index (χ3v) is 8.70. The van der Waals surface area contributed by atoms with Crippen LogP contribution in [0.5, 0.6) is 11.5 Å². The molecular formula is C33H42BrN5O4. The number of halogens is 1. The fourth-order valence-corrected chi connectivity index (χ4v) is 6.25. The van der Waals surface area contributed by atoms with Gasteiger partial charge in [-0.15, -0.1) is 0 Å². The fourth-order valence-electron chi connectivity index (χ4n) is 5.89. The van der Waals surface area contributed by atoms with Crippen molar-refractivity contribution < 1.29 is 14.3 Å². The van der Waals surface area contributed by atoms with Crippen LogP contribution in [0.4, 0.5) is 0 Å². The molecule has 0 saturated carbocycles. The Kier molecular flexibility index (Phi) is 10.5. The van der Waals surface area contributed by atoms with Gasteiger partial charge in [0.15, 0.2) is 0 Å². The van der Waals surface area contributed by atoms with E-state index in [0.29, 0.717) is 25.2 Å². The monoisotopic (exact) mass is 651 g/mol. The molecule has 3 fully saturated rings. The average molecular weight is 653 g/mol. The molecule has 6 rings (SSSR count). The Morgan fingerprint density at radius 1 is 1.12 bits per heavy atom. The summed E-state index contributed by atoms with van der Waals surface area (Å²) in [6.45, 7) is 10.4. The first-order valence-electron chi connectivity index (χ1n) is 14.5. The molecule has 2 bridgehead atoms. The van der Waals surface area contributed by atoms with Gasteiger partial charge in [0.05, 0.1) is 25.5 Å². The number of nitrogens with zero attached hydrogens (tertiary/aromatic N) is 4. The highest BCUT2D eigenvalue weighted by atomic mass is 79.9. The molecule has 0 aliphatic carbocycles. The summed E-state index contributed by atoms with van der Waals surface area (Å²) < 4.78 is 14.1. The van der Waals surface area contributed by atoms with Crippen molar-refractivity contribution in [2.24, 2.45) is 12.8 Å². The Balaban J connectivity index is 0.00000135. The van der Waals surface area contributed by atoms with Crippen molar-refractivity contribution in [2.75, 3.05) is 33.9 Å². The predicted octanol–water partition coefficient (Wildman–Crippen LogP) is 4.70. The molecule has 2 atom stereocenters. The summed E-state index contributed by atoms with van der Waals surface area (Å²) in [5, 5.41) is 0. The highest BCUT2D eigenvalue weighted by Crippen LogP contribution is 2.41. The van der Waals surface area contributed by atoms with Crippen LogP contribution in [0.2, 0.25) is 0 Å². The third kappa shape index (κ3) is 6.87. The lowest BCUT2D eigenvalue weighted by Gasteiger charge is -2.56. The van der Waals surface area contributed by atoms with Crippen LogP contribution in [0.15, 0.2) is 51.5 Å². The number of fused-ring (bicyclic) bond motifs is 2.